The molecule has 4 rings (SSSR count). The van der Waals surface area contributed by atoms with E-state index in [2.05, 4.69) is 0 Å². The summed E-state index contributed by atoms with van der Waals surface area (Å²) >= 11 is 0. The number of aliphatic hydroxyl groups is 1. The molecular weight excluding hydrogens is 308 g/mol. The topological polar surface area (TPSA) is 72.8 Å². The van der Waals surface area contributed by atoms with E-state index in [1.807, 2.05) is 6.92 Å². The van der Waals surface area contributed by atoms with E-state index < -0.39 is 17.0 Å². The van der Waals surface area contributed by atoms with E-state index in [0.29, 0.717) is 24.9 Å². The van der Waals surface area contributed by atoms with Crippen molar-refractivity contribution in [2.24, 2.45) is 22.7 Å². The van der Waals surface area contributed by atoms with Crippen molar-refractivity contribution in [3.05, 3.63) is 0 Å². The highest BCUT2D eigenvalue weighted by Gasteiger charge is 2.57. The fourth-order valence-electron chi connectivity index (χ4n) is 5.31. The maximum absolute atomic E-state index is 12.0. The van der Waals surface area contributed by atoms with Crippen LogP contribution in [0.4, 0.5) is 0 Å². The lowest BCUT2D eigenvalue weighted by atomic mass is 9.48. The Morgan fingerprint density at radius 1 is 1.12 bits per heavy atom. The van der Waals surface area contributed by atoms with Crippen LogP contribution in [0.3, 0.4) is 0 Å². The smallest absolute Gasteiger partial charge is 0.344 e. The molecule has 0 heterocycles. The molecule has 0 aliphatic heterocycles. The van der Waals surface area contributed by atoms with Gasteiger partial charge < -0.3 is 14.6 Å². The second-order valence-electron chi connectivity index (χ2n) is 9.16. The van der Waals surface area contributed by atoms with Crippen LogP contribution in [0.2, 0.25) is 0 Å². The van der Waals surface area contributed by atoms with Crippen molar-refractivity contribution >= 4 is 11.9 Å². The van der Waals surface area contributed by atoms with Gasteiger partial charge in [-0.15, -0.1) is 0 Å². The predicted octanol–water partition coefficient (Wildman–Crippen LogP) is 2.84. The van der Waals surface area contributed by atoms with Crippen molar-refractivity contribution < 1.29 is 24.2 Å². The van der Waals surface area contributed by atoms with Crippen LogP contribution in [-0.4, -0.2) is 35.9 Å². The molecule has 0 saturated heterocycles. The van der Waals surface area contributed by atoms with Crippen LogP contribution in [0.15, 0.2) is 0 Å². The molecule has 4 aliphatic carbocycles. The van der Waals surface area contributed by atoms with Gasteiger partial charge in [-0.05, 0) is 70.6 Å². The Labute approximate surface area is 144 Å². The molecule has 0 aromatic heterocycles. The average Bonchev–Trinajstić information content (AvgIpc) is 2.48. The van der Waals surface area contributed by atoms with Crippen LogP contribution in [-0.2, 0) is 19.1 Å². The summed E-state index contributed by atoms with van der Waals surface area (Å²) in [4.78, 5) is 23.9. The Kier molecular flexibility index (Phi) is 4.44. The third kappa shape index (κ3) is 3.46. The number of esters is 2. The quantitative estimate of drug-likeness (QED) is 0.754. The minimum absolute atomic E-state index is 0.0683. The first kappa shape index (κ1) is 17.7. The van der Waals surface area contributed by atoms with Crippen LogP contribution in [0.1, 0.15) is 65.7 Å². The van der Waals surface area contributed by atoms with Crippen LogP contribution in [0, 0.1) is 22.7 Å². The van der Waals surface area contributed by atoms with Crippen molar-refractivity contribution in [3.8, 4) is 0 Å². The van der Waals surface area contributed by atoms with Gasteiger partial charge in [0.15, 0.2) is 6.61 Å². The number of hydrogen-bond donors (Lipinski definition) is 1. The van der Waals surface area contributed by atoms with Gasteiger partial charge in [-0.1, -0.05) is 6.92 Å². The Morgan fingerprint density at radius 3 is 2.29 bits per heavy atom. The zero-order valence-corrected chi connectivity index (χ0v) is 15.1. The van der Waals surface area contributed by atoms with Crippen molar-refractivity contribution in [1.82, 2.24) is 0 Å². The second kappa shape index (κ2) is 6.01. The summed E-state index contributed by atoms with van der Waals surface area (Å²) in [6.07, 6.45) is 6.51. The summed E-state index contributed by atoms with van der Waals surface area (Å²) in [6, 6.07) is 0. The van der Waals surface area contributed by atoms with E-state index in [-0.39, 0.29) is 18.0 Å². The van der Waals surface area contributed by atoms with E-state index in [9.17, 15) is 14.7 Å². The first-order valence-corrected chi connectivity index (χ1v) is 9.21. The zero-order valence-electron chi connectivity index (χ0n) is 15.1. The Balaban J connectivity index is 1.49. The van der Waals surface area contributed by atoms with Crippen molar-refractivity contribution in [2.45, 2.75) is 71.3 Å². The minimum Gasteiger partial charge on any atom is -0.463 e. The van der Waals surface area contributed by atoms with Crippen LogP contribution in [0.5, 0.6) is 0 Å². The highest BCUT2D eigenvalue weighted by molar-refractivity contribution is 5.79. The van der Waals surface area contributed by atoms with Crippen molar-refractivity contribution in [2.75, 3.05) is 13.2 Å². The van der Waals surface area contributed by atoms with E-state index >= 15 is 0 Å². The lowest BCUT2D eigenvalue weighted by molar-refractivity contribution is -0.189. The van der Waals surface area contributed by atoms with E-state index in [1.54, 1.807) is 13.8 Å². The van der Waals surface area contributed by atoms with Gasteiger partial charge >= 0.3 is 11.9 Å². The predicted molar refractivity (Wildman–Crippen MR) is 88.1 cm³/mol. The number of carbonyl (C=O) groups excluding carboxylic acids is 2. The van der Waals surface area contributed by atoms with Gasteiger partial charge in [-0.25, -0.2) is 4.79 Å². The zero-order chi connectivity index (χ0) is 17.6. The summed E-state index contributed by atoms with van der Waals surface area (Å²) in [5.41, 5.74) is -1.20. The summed E-state index contributed by atoms with van der Waals surface area (Å²) in [7, 11) is 0. The summed E-state index contributed by atoms with van der Waals surface area (Å²) in [5.74, 6) is 0.278. The van der Waals surface area contributed by atoms with Crippen molar-refractivity contribution in [1.29, 1.82) is 0 Å². The number of ether oxygens (including phenoxy) is 2. The molecule has 0 aromatic rings. The van der Waals surface area contributed by atoms with E-state index in [0.717, 1.165) is 32.1 Å². The molecule has 5 heteroatoms. The van der Waals surface area contributed by atoms with Gasteiger partial charge in [0.25, 0.3) is 0 Å². The molecule has 0 radical (unpaired) electrons. The minimum atomic E-state index is -0.580. The van der Waals surface area contributed by atoms with Gasteiger partial charge in [0.2, 0.25) is 0 Å². The normalized spacial score (nSPS) is 37.3. The highest BCUT2D eigenvalue weighted by Crippen LogP contribution is 2.61. The van der Waals surface area contributed by atoms with E-state index in [1.165, 1.54) is 6.42 Å². The molecule has 0 aromatic carbocycles. The van der Waals surface area contributed by atoms with Crippen LogP contribution in [0.25, 0.3) is 0 Å². The largest absolute Gasteiger partial charge is 0.463 e. The second-order valence-corrected chi connectivity index (χ2v) is 9.16. The number of hydrogen-bond acceptors (Lipinski definition) is 5. The van der Waals surface area contributed by atoms with Gasteiger partial charge in [-0.2, -0.15) is 0 Å². The number of carbonyl (C=O) groups is 2. The summed E-state index contributed by atoms with van der Waals surface area (Å²) < 4.78 is 10.5. The summed E-state index contributed by atoms with van der Waals surface area (Å²) in [6.45, 7) is 5.54. The van der Waals surface area contributed by atoms with Gasteiger partial charge in [0, 0.05) is 5.41 Å². The number of rotatable bonds is 6. The lowest BCUT2D eigenvalue weighted by Crippen LogP contribution is -2.57. The Bertz CT molecular complexity index is 510. The summed E-state index contributed by atoms with van der Waals surface area (Å²) in [5, 5.41) is 10.7. The average molecular weight is 338 g/mol. The van der Waals surface area contributed by atoms with E-state index in [4.69, 9.17) is 9.47 Å². The van der Waals surface area contributed by atoms with Gasteiger partial charge in [-0.3, -0.25) is 4.79 Å². The first-order chi connectivity index (χ1) is 11.2. The molecule has 2 unspecified atom stereocenters. The van der Waals surface area contributed by atoms with Gasteiger partial charge in [0.05, 0.1) is 17.6 Å². The first-order valence-electron chi connectivity index (χ1n) is 9.21. The third-order valence-electron chi connectivity index (χ3n) is 6.45. The molecule has 5 nitrogen and oxygen atoms in total. The molecular formula is C19H30O5. The van der Waals surface area contributed by atoms with Gasteiger partial charge in [0.1, 0.15) is 0 Å². The molecule has 4 aliphatic rings. The molecule has 136 valence electrons. The Morgan fingerprint density at radius 2 is 1.75 bits per heavy atom. The molecule has 4 saturated carbocycles. The molecule has 0 amide bonds. The molecule has 1 N–H and O–H groups in total. The SMILES string of the molecule is CCC(C)(C)C(=O)OCC(=O)OCC12CC3CC(CC(O)(C3)C1)C2. The highest BCUT2D eigenvalue weighted by atomic mass is 16.6. The molecule has 0 spiro atoms. The molecule has 4 bridgehead atoms. The molecule has 2 atom stereocenters. The van der Waals surface area contributed by atoms with Crippen LogP contribution < -0.4 is 0 Å². The molecule has 24 heavy (non-hydrogen) atoms. The fourth-order valence-corrected chi connectivity index (χ4v) is 5.31. The van der Waals surface area contributed by atoms with Crippen molar-refractivity contribution in [3.63, 3.8) is 0 Å². The maximum atomic E-state index is 12.0. The molecule has 4 fully saturated rings. The monoisotopic (exact) mass is 338 g/mol. The lowest BCUT2D eigenvalue weighted by Gasteiger charge is -2.59. The van der Waals surface area contributed by atoms with Crippen LogP contribution >= 0.6 is 0 Å². The standard InChI is InChI=1S/C19H30O5/c1-4-17(2,3)16(21)23-10-15(20)24-12-18-6-13-5-14(7-18)9-19(22,8-13)11-18/h13-14,22H,4-12H2,1-3H3. The third-order valence-corrected chi connectivity index (χ3v) is 6.45. The Hall–Kier alpha value is -1.10. The maximum Gasteiger partial charge on any atom is 0.344 e. The fraction of sp³-hybridized carbons (Fsp3) is 0.895.